The van der Waals surface area contributed by atoms with Gasteiger partial charge < -0.3 is 9.64 Å². The lowest BCUT2D eigenvalue weighted by Crippen LogP contribution is -2.59. The first kappa shape index (κ1) is 18.7. The first-order chi connectivity index (χ1) is 14.6. The third kappa shape index (κ3) is 3.40. The summed E-state index contributed by atoms with van der Waals surface area (Å²) in [5, 5.41) is 8.37. The fraction of sp³-hybridized carbons (Fsp3) is 0.429. The van der Waals surface area contributed by atoms with Crippen molar-refractivity contribution in [2.75, 3.05) is 6.54 Å². The molecule has 2 saturated heterocycles. The zero-order chi connectivity index (χ0) is 20.7. The number of hydrogen-bond acceptors (Lipinski definition) is 7. The molecule has 0 spiro atoms. The third-order valence-electron chi connectivity index (χ3n) is 5.86. The number of fused-ring (bicyclic) bond motifs is 3. The van der Waals surface area contributed by atoms with Crippen LogP contribution < -0.4 is 4.74 Å². The molecule has 3 aromatic heterocycles. The Morgan fingerprint density at radius 1 is 1.07 bits per heavy atom. The lowest BCUT2D eigenvalue weighted by molar-refractivity contribution is -0.0317. The molecule has 0 radical (unpaired) electrons. The maximum absolute atomic E-state index is 13.6. The second kappa shape index (κ2) is 7.47. The van der Waals surface area contributed by atoms with E-state index in [0.29, 0.717) is 29.7 Å². The van der Waals surface area contributed by atoms with E-state index in [1.807, 2.05) is 30.9 Å². The van der Waals surface area contributed by atoms with Crippen LogP contribution in [0.25, 0.3) is 5.69 Å². The van der Waals surface area contributed by atoms with Gasteiger partial charge in [0.25, 0.3) is 5.91 Å². The van der Waals surface area contributed by atoms with Gasteiger partial charge in [0, 0.05) is 12.2 Å². The Bertz CT molecular complexity index is 1050. The molecule has 0 aromatic carbocycles. The van der Waals surface area contributed by atoms with Crippen molar-refractivity contribution in [1.82, 2.24) is 34.8 Å². The Labute approximate surface area is 174 Å². The van der Waals surface area contributed by atoms with Crippen LogP contribution in [0.4, 0.5) is 0 Å². The summed E-state index contributed by atoms with van der Waals surface area (Å²) in [7, 11) is 0. The maximum Gasteiger partial charge on any atom is 0.275 e. The quantitative estimate of drug-likeness (QED) is 0.656. The van der Waals surface area contributed by atoms with Crippen LogP contribution in [-0.4, -0.2) is 59.4 Å². The minimum absolute atomic E-state index is 0.0219. The van der Waals surface area contributed by atoms with Crippen molar-refractivity contribution >= 4 is 5.91 Å². The Hall–Kier alpha value is -3.36. The molecule has 1 saturated carbocycles. The van der Waals surface area contributed by atoms with E-state index in [9.17, 15) is 4.79 Å². The van der Waals surface area contributed by atoms with Crippen LogP contribution in [0.1, 0.15) is 41.1 Å². The van der Waals surface area contributed by atoms with Crippen molar-refractivity contribution in [3.63, 3.8) is 0 Å². The number of hydrogen-bond donors (Lipinski definition) is 0. The van der Waals surface area contributed by atoms with Gasteiger partial charge in [0.2, 0.25) is 5.88 Å². The van der Waals surface area contributed by atoms with Crippen molar-refractivity contribution in [2.45, 2.75) is 45.3 Å². The van der Waals surface area contributed by atoms with E-state index in [0.717, 1.165) is 30.7 Å². The van der Waals surface area contributed by atoms with Crippen LogP contribution >= 0.6 is 0 Å². The average molecular weight is 405 g/mol. The largest absolute Gasteiger partial charge is 0.471 e. The number of aromatic nitrogens is 6. The molecule has 1 amide bonds. The van der Waals surface area contributed by atoms with Gasteiger partial charge in [-0.1, -0.05) is 0 Å². The predicted molar refractivity (Wildman–Crippen MR) is 107 cm³/mol. The molecule has 3 fully saturated rings. The van der Waals surface area contributed by atoms with E-state index in [1.54, 1.807) is 24.8 Å². The normalized spacial score (nSPS) is 22.9. The molecule has 3 atom stereocenters. The van der Waals surface area contributed by atoms with Crippen LogP contribution in [0.15, 0.2) is 36.9 Å². The van der Waals surface area contributed by atoms with Crippen LogP contribution in [0.5, 0.6) is 5.88 Å². The highest BCUT2D eigenvalue weighted by Gasteiger charge is 2.45. The average Bonchev–Trinajstić information content (AvgIpc) is 3.30. The van der Waals surface area contributed by atoms with E-state index in [4.69, 9.17) is 4.74 Å². The van der Waals surface area contributed by atoms with Crippen LogP contribution in [0, 0.1) is 19.8 Å². The minimum atomic E-state index is -0.107. The molecule has 3 aromatic rings. The van der Waals surface area contributed by atoms with Crippen molar-refractivity contribution in [1.29, 1.82) is 0 Å². The van der Waals surface area contributed by atoms with Gasteiger partial charge in [0.05, 0.1) is 36.5 Å². The number of rotatable bonds is 4. The molecule has 154 valence electrons. The number of ether oxygens (including phenoxy) is 1. The van der Waals surface area contributed by atoms with Crippen molar-refractivity contribution in [3.05, 3.63) is 54.0 Å². The van der Waals surface area contributed by atoms with Crippen molar-refractivity contribution in [3.8, 4) is 11.6 Å². The van der Waals surface area contributed by atoms with E-state index in [2.05, 4.69) is 25.1 Å². The van der Waals surface area contributed by atoms with E-state index < -0.39 is 0 Å². The second-order valence-electron chi connectivity index (χ2n) is 8.00. The molecule has 2 bridgehead atoms. The lowest BCUT2D eigenvalue weighted by atomic mass is 9.77. The number of pyridine rings is 1. The number of carbonyl (C=O) groups excluding carboxylic acids is 1. The molecule has 6 rings (SSSR count). The van der Waals surface area contributed by atoms with Gasteiger partial charge in [0.15, 0.2) is 5.69 Å². The number of piperidine rings is 2. The molecular weight excluding hydrogens is 382 g/mol. The van der Waals surface area contributed by atoms with Crippen LogP contribution in [-0.2, 0) is 0 Å². The molecule has 5 heterocycles. The maximum atomic E-state index is 13.6. The third-order valence-corrected chi connectivity index (χ3v) is 5.86. The van der Waals surface area contributed by atoms with Gasteiger partial charge in [0.1, 0.15) is 11.8 Å². The Morgan fingerprint density at radius 3 is 2.63 bits per heavy atom. The van der Waals surface area contributed by atoms with Gasteiger partial charge >= 0.3 is 0 Å². The number of aryl methyl sites for hydroxylation is 2. The van der Waals surface area contributed by atoms with E-state index in [-0.39, 0.29) is 18.1 Å². The highest BCUT2D eigenvalue weighted by Crippen LogP contribution is 2.38. The van der Waals surface area contributed by atoms with Gasteiger partial charge in [-0.25, -0.2) is 9.97 Å². The molecule has 1 aliphatic carbocycles. The predicted octanol–water partition coefficient (Wildman–Crippen LogP) is 2.14. The molecular formula is C21H23N7O2. The summed E-state index contributed by atoms with van der Waals surface area (Å²) in [5.74, 6) is 0.795. The van der Waals surface area contributed by atoms with Crippen molar-refractivity contribution < 1.29 is 9.53 Å². The molecule has 2 aliphatic heterocycles. The van der Waals surface area contributed by atoms with Gasteiger partial charge in [-0.05, 0) is 51.2 Å². The summed E-state index contributed by atoms with van der Waals surface area (Å²) in [5.41, 5.74) is 2.57. The standard InChI is InChI=1S/C21H23N7O2/c1-13-3-5-17(28-24-7-8-25-28)20(26-13)21(29)27-12-15-4-6-16(27)18(9-15)30-19-11-22-14(2)10-23-19/h3,5,7-8,10-11,15-16,18H,4,6,9,12H2,1-2H3. The Balaban J connectivity index is 1.44. The molecule has 0 N–H and O–H groups in total. The summed E-state index contributed by atoms with van der Waals surface area (Å²) in [4.78, 5) is 30.1. The molecule has 3 unspecified atom stereocenters. The highest BCUT2D eigenvalue weighted by atomic mass is 16.5. The number of amides is 1. The van der Waals surface area contributed by atoms with Gasteiger partial charge in [-0.15, -0.1) is 4.80 Å². The summed E-state index contributed by atoms with van der Waals surface area (Å²) in [6.07, 6.45) is 9.33. The van der Waals surface area contributed by atoms with Gasteiger partial charge in [-0.3, -0.25) is 9.78 Å². The summed E-state index contributed by atoms with van der Waals surface area (Å²) in [6.45, 7) is 4.48. The molecule has 3 aliphatic rings. The van der Waals surface area contributed by atoms with E-state index >= 15 is 0 Å². The zero-order valence-corrected chi connectivity index (χ0v) is 17.0. The number of nitrogens with zero attached hydrogens (tertiary/aromatic N) is 7. The zero-order valence-electron chi connectivity index (χ0n) is 17.0. The molecule has 9 nitrogen and oxygen atoms in total. The van der Waals surface area contributed by atoms with Crippen LogP contribution in [0.2, 0.25) is 0 Å². The summed E-state index contributed by atoms with van der Waals surface area (Å²) < 4.78 is 6.17. The lowest BCUT2D eigenvalue weighted by Gasteiger charge is -2.49. The smallest absolute Gasteiger partial charge is 0.275 e. The van der Waals surface area contributed by atoms with Gasteiger partial charge in [-0.2, -0.15) is 10.2 Å². The first-order valence-electron chi connectivity index (χ1n) is 10.2. The van der Waals surface area contributed by atoms with Crippen LogP contribution in [0.3, 0.4) is 0 Å². The fourth-order valence-electron chi connectivity index (χ4n) is 4.43. The van der Waals surface area contributed by atoms with Crippen molar-refractivity contribution in [2.24, 2.45) is 5.92 Å². The minimum Gasteiger partial charge on any atom is -0.471 e. The summed E-state index contributed by atoms with van der Waals surface area (Å²) >= 11 is 0. The molecule has 30 heavy (non-hydrogen) atoms. The summed E-state index contributed by atoms with van der Waals surface area (Å²) in [6, 6.07) is 3.68. The Morgan fingerprint density at radius 2 is 1.90 bits per heavy atom. The fourth-order valence-corrected chi connectivity index (χ4v) is 4.43. The highest BCUT2D eigenvalue weighted by molar-refractivity contribution is 5.96. The topological polar surface area (TPSA) is 98.9 Å². The number of carbonyl (C=O) groups is 1. The first-order valence-corrected chi connectivity index (χ1v) is 10.2. The monoisotopic (exact) mass is 405 g/mol. The second-order valence-corrected chi connectivity index (χ2v) is 8.00. The SMILES string of the molecule is Cc1cnc(OC2CC3CCC2N(C(=O)c2nc(C)ccc2-n2nccn2)C3)cn1. The Kier molecular flexibility index (Phi) is 4.65. The molecule has 9 heteroatoms. The van der Waals surface area contributed by atoms with E-state index in [1.165, 1.54) is 4.80 Å².